The zero-order chi connectivity index (χ0) is 26.5. The summed E-state index contributed by atoms with van der Waals surface area (Å²) in [5, 5.41) is 2.71. The number of hydrogen-bond acceptors (Lipinski definition) is 7. The lowest BCUT2D eigenvalue weighted by molar-refractivity contribution is -0.144. The van der Waals surface area contributed by atoms with Gasteiger partial charge in [0.05, 0.1) is 19.8 Å². The first kappa shape index (κ1) is 27.3. The van der Waals surface area contributed by atoms with Gasteiger partial charge in [-0.2, -0.15) is 0 Å². The molecule has 8 heteroatoms. The molecule has 0 spiro atoms. The maximum Gasteiger partial charge on any atom is 0.328 e. The molecule has 8 nitrogen and oxygen atoms in total. The highest BCUT2D eigenvalue weighted by Crippen LogP contribution is 2.33. The van der Waals surface area contributed by atoms with Crippen LogP contribution in [0.15, 0.2) is 78.9 Å². The molecule has 0 heterocycles. The molecule has 1 N–H and O–H groups in total. The van der Waals surface area contributed by atoms with E-state index in [4.69, 9.17) is 14.2 Å². The average molecular weight is 506 g/mol. The standard InChI is InChI=1S/C29H31NO7/c1-34-26(31)18-10-16-24(29(33)35-2)30-28(32)23-15-9-17-25(36-19-21-11-5-3-6-12-21)27(23)37-20-22-13-7-4-8-14-22/h3-9,11-15,17,24H,10,16,18-20H2,1-2H3,(H,30,32)/t24-/m1/s1. The molecule has 0 fully saturated rings. The Bertz CT molecular complexity index is 1170. The van der Waals surface area contributed by atoms with Gasteiger partial charge in [0.15, 0.2) is 11.5 Å². The van der Waals surface area contributed by atoms with Crippen molar-refractivity contribution in [1.29, 1.82) is 0 Å². The summed E-state index contributed by atoms with van der Waals surface area (Å²) in [5.41, 5.74) is 2.09. The second kappa shape index (κ2) is 14.3. The molecule has 0 bridgehead atoms. The van der Waals surface area contributed by atoms with Crippen molar-refractivity contribution in [2.24, 2.45) is 0 Å². The van der Waals surface area contributed by atoms with Crippen molar-refractivity contribution >= 4 is 17.8 Å². The summed E-state index contributed by atoms with van der Waals surface area (Å²) >= 11 is 0. The minimum atomic E-state index is -0.946. The fourth-order valence-corrected chi connectivity index (χ4v) is 3.60. The second-order valence-electron chi connectivity index (χ2n) is 8.20. The third-order valence-corrected chi connectivity index (χ3v) is 5.58. The molecule has 0 radical (unpaired) electrons. The van der Waals surface area contributed by atoms with Gasteiger partial charge in [0, 0.05) is 6.42 Å². The van der Waals surface area contributed by atoms with Crippen molar-refractivity contribution in [1.82, 2.24) is 5.32 Å². The minimum absolute atomic E-state index is 0.119. The summed E-state index contributed by atoms with van der Waals surface area (Å²) in [4.78, 5) is 37.1. The number of rotatable bonds is 13. The Kier molecular flexibility index (Phi) is 10.5. The van der Waals surface area contributed by atoms with Gasteiger partial charge in [-0.3, -0.25) is 9.59 Å². The largest absolute Gasteiger partial charge is 0.485 e. The van der Waals surface area contributed by atoms with E-state index in [-0.39, 0.29) is 37.4 Å². The lowest BCUT2D eigenvalue weighted by Gasteiger charge is -2.19. The van der Waals surface area contributed by atoms with E-state index < -0.39 is 23.9 Å². The fourth-order valence-electron chi connectivity index (χ4n) is 3.60. The molecule has 0 saturated carbocycles. The number of esters is 2. The van der Waals surface area contributed by atoms with Crippen LogP contribution in [0.1, 0.15) is 40.7 Å². The summed E-state index contributed by atoms with van der Waals surface area (Å²) in [7, 11) is 2.54. The van der Waals surface area contributed by atoms with Crippen LogP contribution in [0.4, 0.5) is 0 Å². The lowest BCUT2D eigenvalue weighted by Crippen LogP contribution is -2.41. The van der Waals surface area contributed by atoms with Gasteiger partial charge in [-0.1, -0.05) is 66.7 Å². The number of carbonyl (C=O) groups is 3. The second-order valence-corrected chi connectivity index (χ2v) is 8.20. The topological polar surface area (TPSA) is 100 Å². The molecule has 0 aliphatic rings. The van der Waals surface area contributed by atoms with Crippen molar-refractivity contribution in [3.63, 3.8) is 0 Å². The Hall–Kier alpha value is -4.33. The smallest absolute Gasteiger partial charge is 0.328 e. The molecule has 3 aromatic rings. The number of benzene rings is 3. The summed E-state index contributed by atoms with van der Waals surface area (Å²) in [6.45, 7) is 0.498. The van der Waals surface area contributed by atoms with Crippen LogP contribution in [0.3, 0.4) is 0 Å². The number of ether oxygens (including phenoxy) is 4. The Morgan fingerprint density at radius 3 is 1.97 bits per heavy atom. The van der Waals surface area contributed by atoms with E-state index in [9.17, 15) is 14.4 Å². The summed E-state index contributed by atoms with van der Waals surface area (Å²) in [6.07, 6.45) is 0.663. The molecule has 0 aromatic heterocycles. The van der Waals surface area contributed by atoms with Gasteiger partial charge in [-0.25, -0.2) is 4.79 Å². The van der Waals surface area contributed by atoms with E-state index in [1.807, 2.05) is 60.7 Å². The quantitative estimate of drug-likeness (QED) is 0.342. The van der Waals surface area contributed by atoms with Gasteiger partial charge >= 0.3 is 11.9 Å². The summed E-state index contributed by atoms with van der Waals surface area (Å²) in [5.74, 6) is -0.872. The fraction of sp³-hybridized carbons (Fsp3) is 0.276. The summed E-state index contributed by atoms with van der Waals surface area (Å²) < 4.78 is 21.6. The molecule has 0 unspecified atom stereocenters. The number of para-hydroxylation sites is 1. The molecule has 1 amide bonds. The van der Waals surface area contributed by atoms with Crippen molar-refractivity contribution in [2.45, 2.75) is 38.5 Å². The normalized spacial score (nSPS) is 11.2. The van der Waals surface area contributed by atoms with Gasteiger partial charge in [-0.05, 0) is 36.1 Å². The van der Waals surface area contributed by atoms with Crippen LogP contribution in [0.25, 0.3) is 0 Å². The van der Waals surface area contributed by atoms with Gasteiger partial charge < -0.3 is 24.3 Å². The SMILES string of the molecule is COC(=O)CCC[C@@H](NC(=O)c1cccc(OCc2ccccc2)c1OCc1ccccc1)C(=O)OC. The van der Waals surface area contributed by atoms with Crippen molar-refractivity contribution < 1.29 is 33.3 Å². The molecule has 3 rings (SSSR count). The Morgan fingerprint density at radius 1 is 0.757 bits per heavy atom. The van der Waals surface area contributed by atoms with E-state index >= 15 is 0 Å². The van der Waals surface area contributed by atoms with E-state index in [1.165, 1.54) is 14.2 Å². The van der Waals surface area contributed by atoms with Crippen LogP contribution in [-0.2, 0) is 32.3 Å². The predicted octanol–water partition coefficient (Wildman–Crippen LogP) is 4.46. The first-order chi connectivity index (χ1) is 18.0. The highest BCUT2D eigenvalue weighted by atomic mass is 16.5. The highest BCUT2D eigenvalue weighted by molar-refractivity contribution is 5.99. The molecule has 0 aliphatic carbocycles. The minimum Gasteiger partial charge on any atom is -0.485 e. The van der Waals surface area contributed by atoms with Gasteiger partial charge in [0.1, 0.15) is 19.3 Å². The van der Waals surface area contributed by atoms with E-state index in [1.54, 1.807) is 18.2 Å². The number of nitrogens with one attached hydrogen (secondary N) is 1. The zero-order valence-corrected chi connectivity index (χ0v) is 21.0. The van der Waals surface area contributed by atoms with Crippen LogP contribution >= 0.6 is 0 Å². The molecular formula is C29H31NO7. The highest BCUT2D eigenvalue weighted by Gasteiger charge is 2.25. The average Bonchev–Trinajstić information content (AvgIpc) is 2.94. The van der Waals surface area contributed by atoms with Crippen molar-refractivity contribution in [3.8, 4) is 11.5 Å². The zero-order valence-electron chi connectivity index (χ0n) is 21.0. The molecule has 194 valence electrons. The van der Waals surface area contributed by atoms with Crippen molar-refractivity contribution in [2.75, 3.05) is 14.2 Å². The third-order valence-electron chi connectivity index (χ3n) is 5.58. The van der Waals surface area contributed by atoms with E-state index in [0.29, 0.717) is 12.2 Å². The molecule has 1 atom stereocenters. The maximum atomic E-state index is 13.3. The predicted molar refractivity (Wildman–Crippen MR) is 137 cm³/mol. The lowest BCUT2D eigenvalue weighted by atomic mass is 10.1. The number of hydrogen-bond donors (Lipinski definition) is 1. The number of carbonyl (C=O) groups excluding carboxylic acids is 3. The van der Waals surface area contributed by atoms with Gasteiger partial charge in [-0.15, -0.1) is 0 Å². The molecule has 0 aliphatic heterocycles. The Balaban J connectivity index is 1.82. The molecule has 37 heavy (non-hydrogen) atoms. The van der Waals surface area contributed by atoms with E-state index in [2.05, 4.69) is 10.1 Å². The van der Waals surface area contributed by atoms with Gasteiger partial charge in [0.2, 0.25) is 0 Å². The van der Waals surface area contributed by atoms with Crippen LogP contribution in [0.5, 0.6) is 11.5 Å². The van der Waals surface area contributed by atoms with Crippen LogP contribution in [0, 0.1) is 0 Å². The first-order valence-corrected chi connectivity index (χ1v) is 11.9. The van der Waals surface area contributed by atoms with Crippen LogP contribution in [-0.4, -0.2) is 38.1 Å². The Labute approximate surface area is 216 Å². The third kappa shape index (κ3) is 8.38. The van der Waals surface area contributed by atoms with Crippen molar-refractivity contribution in [3.05, 3.63) is 95.6 Å². The monoisotopic (exact) mass is 505 g/mol. The van der Waals surface area contributed by atoms with Crippen LogP contribution < -0.4 is 14.8 Å². The molecular weight excluding hydrogens is 474 g/mol. The molecule has 0 saturated heterocycles. The maximum absolute atomic E-state index is 13.3. The first-order valence-electron chi connectivity index (χ1n) is 11.9. The number of methoxy groups -OCH3 is 2. The summed E-state index contributed by atoms with van der Waals surface area (Å²) in [6, 6.07) is 23.3. The number of amides is 1. The van der Waals surface area contributed by atoms with Gasteiger partial charge in [0.25, 0.3) is 5.91 Å². The van der Waals surface area contributed by atoms with E-state index in [0.717, 1.165) is 11.1 Å². The van der Waals surface area contributed by atoms with Crippen LogP contribution in [0.2, 0.25) is 0 Å². The Morgan fingerprint density at radius 2 is 1.38 bits per heavy atom. The molecule has 3 aromatic carbocycles.